The fraction of sp³-hybridized carbons (Fsp3) is 0.235. The summed E-state index contributed by atoms with van der Waals surface area (Å²) in [7, 11) is 0. The number of nitrogens with zero attached hydrogens (tertiary/aromatic N) is 2. The van der Waals surface area contributed by atoms with E-state index in [2.05, 4.69) is 26.9 Å². The van der Waals surface area contributed by atoms with Gasteiger partial charge in [0.1, 0.15) is 5.75 Å². The van der Waals surface area contributed by atoms with Crippen LogP contribution in [0.1, 0.15) is 0 Å². The molecule has 2 aromatic rings. The second-order valence-electron chi connectivity index (χ2n) is 5.11. The van der Waals surface area contributed by atoms with Crippen LogP contribution in [0.3, 0.4) is 0 Å². The number of piperazine rings is 1. The maximum Gasteiger partial charge on any atom is 0.415 e. The number of hydrogen-bond acceptors (Lipinski definition) is 3. The van der Waals surface area contributed by atoms with E-state index in [1.54, 1.807) is 17.0 Å². The van der Waals surface area contributed by atoms with Crippen LogP contribution in [0.15, 0.2) is 59.1 Å². The SMILES string of the molecule is O=C(Oc1ccccc1)N1CCN(c2ccccc2Br)CC1. The average Bonchev–Trinajstić information content (AvgIpc) is 2.56. The molecular formula is C17H17BrN2O2. The van der Waals surface area contributed by atoms with Crippen molar-refractivity contribution in [2.45, 2.75) is 0 Å². The summed E-state index contributed by atoms with van der Waals surface area (Å²) < 4.78 is 6.46. The van der Waals surface area contributed by atoms with Crippen LogP contribution in [0.4, 0.5) is 10.5 Å². The third kappa shape index (κ3) is 3.42. The molecule has 2 aromatic carbocycles. The molecule has 1 aliphatic rings. The van der Waals surface area contributed by atoms with Crippen molar-refractivity contribution in [1.82, 2.24) is 4.90 Å². The van der Waals surface area contributed by atoms with Gasteiger partial charge in [-0.2, -0.15) is 0 Å². The summed E-state index contributed by atoms with van der Waals surface area (Å²) in [6, 6.07) is 17.3. The zero-order valence-electron chi connectivity index (χ0n) is 12.1. The number of para-hydroxylation sites is 2. The molecule has 0 unspecified atom stereocenters. The van der Waals surface area contributed by atoms with Gasteiger partial charge in [-0.3, -0.25) is 0 Å². The van der Waals surface area contributed by atoms with Crippen molar-refractivity contribution in [3.8, 4) is 5.75 Å². The van der Waals surface area contributed by atoms with E-state index in [1.807, 2.05) is 36.4 Å². The molecule has 1 aliphatic heterocycles. The molecule has 1 saturated heterocycles. The second-order valence-corrected chi connectivity index (χ2v) is 5.96. The number of rotatable bonds is 2. The third-order valence-electron chi connectivity index (χ3n) is 3.68. The average molecular weight is 361 g/mol. The molecule has 1 heterocycles. The fourth-order valence-electron chi connectivity index (χ4n) is 2.49. The van der Waals surface area contributed by atoms with Gasteiger partial charge in [-0.25, -0.2) is 4.79 Å². The van der Waals surface area contributed by atoms with Gasteiger partial charge in [-0.05, 0) is 40.2 Å². The Morgan fingerprint density at radius 1 is 0.909 bits per heavy atom. The number of anilines is 1. The number of amides is 1. The summed E-state index contributed by atoms with van der Waals surface area (Å²) in [4.78, 5) is 16.2. The zero-order valence-corrected chi connectivity index (χ0v) is 13.7. The lowest BCUT2D eigenvalue weighted by Crippen LogP contribution is -2.49. The lowest BCUT2D eigenvalue weighted by molar-refractivity contribution is 0.149. The van der Waals surface area contributed by atoms with Crippen molar-refractivity contribution in [3.05, 3.63) is 59.1 Å². The second kappa shape index (κ2) is 6.83. The van der Waals surface area contributed by atoms with Crippen molar-refractivity contribution in [1.29, 1.82) is 0 Å². The normalized spacial score (nSPS) is 14.8. The van der Waals surface area contributed by atoms with Gasteiger partial charge >= 0.3 is 6.09 Å². The van der Waals surface area contributed by atoms with Crippen LogP contribution in [0.5, 0.6) is 5.75 Å². The molecule has 0 radical (unpaired) electrons. The number of benzene rings is 2. The summed E-state index contributed by atoms with van der Waals surface area (Å²) in [6.07, 6.45) is -0.280. The number of hydrogen-bond donors (Lipinski definition) is 0. The smallest absolute Gasteiger partial charge is 0.410 e. The lowest BCUT2D eigenvalue weighted by atomic mass is 10.2. The van der Waals surface area contributed by atoms with Crippen LogP contribution >= 0.6 is 15.9 Å². The van der Waals surface area contributed by atoms with Crippen molar-refractivity contribution in [2.75, 3.05) is 31.1 Å². The van der Waals surface area contributed by atoms with E-state index in [-0.39, 0.29) is 6.09 Å². The number of carbonyl (C=O) groups is 1. The minimum atomic E-state index is -0.280. The Balaban J connectivity index is 1.58. The highest BCUT2D eigenvalue weighted by Crippen LogP contribution is 2.26. The van der Waals surface area contributed by atoms with Crippen LogP contribution in [-0.4, -0.2) is 37.2 Å². The van der Waals surface area contributed by atoms with E-state index in [4.69, 9.17) is 4.74 Å². The van der Waals surface area contributed by atoms with Crippen molar-refractivity contribution >= 4 is 27.7 Å². The maximum atomic E-state index is 12.2. The molecule has 4 nitrogen and oxygen atoms in total. The highest BCUT2D eigenvalue weighted by Gasteiger charge is 2.23. The number of carbonyl (C=O) groups excluding carboxylic acids is 1. The standard InChI is InChI=1S/C17H17BrN2O2/c18-15-8-4-5-9-16(15)19-10-12-20(13-11-19)17(21)22-14-6-2-1-3-7-14/h1-9H,10-13H2. The van der Waals surface area contributed by atoms with Gasteiger partial charge in [0, 0.05) is 30.7 Å². The van der Waals surface area contributed by atoms with Crippen molar-refractivity contribution < 1.29 is 9.53 Å². The van der Waals surface area contributed by atoms with E-state index >= 15 is 0 Å². The minimum Gasteiger partial charge on any atom is -0.410 e. The van der Waals surface area contributed by atoms with Gasteiger partial charge in [-0.1, -0.05) is 30.3 Å². The molecule has 0 saturated carbocycles. The molecule has 22 heavy (non-hydrogen) atoms. The van der Waals surface area contributed by atoms with Crippen LogP contribution in [-0.2, 0) is 0 Å². The molecule has 0 aromatic heterocycles. The van der Waals surface area contributed by atoms with E-state index in [1.165, 1.54) is 5.69 Å². The quantitative estimate of drug-likeness (QED) is 0.816. The Morgan fingerprint density at radius 3 is 2.23 bits per heavy atom. The molecule has 114 valence electrons. The van der Waals surface area contributed by atoms with Gasteiger partial charge in [0.2, 0.25) is 0 Å². The highest BCUT2D eigenvalue weighted by atomic mass is 79.9. The predicted molar refractivity (Wildman–Crippen MR) is 90.4 cm³/mol. The summed E-state index contributed by atoms with van der Waals surface area (Å²) in [5.74, 6) is 0.584. The first-order valence-electron chi connectivity index (χ1n) is 7.25. The van der Waals surface area contributed by atoms with Crippen LogP contribution < -0.4 is 9.64 Å². The highest BCUT2D eigenvalue weighted by molar-refractivity contribution is 9.10. The van der Waals surface area contributed by atoms with Crippen LogP contribution in [0.2, 0.25) is 0 Å². The Hall–Kier alpha value is -2.01. The van der Waals surface area contributed by atoms with Crippen LogP contribution in [0, 0.1) is 0 Å². The maximum absolute atomic E-state index is 12.2. The molecule has 0 spiro atoms. The lowest BCUT2D eigenvalue weighted by Gasteiger charge is -2.35. The van der Waals surface area contributed by atoms with E-state index < -0.39 is 0 Å². The third-order valence-corrected chi connectivity index (χ3v) is 4.35. The summed E-state index contributed by atoms with van der Waals surface area (Å²) in [5, 5.41) is 0. The first-order chi connectivity index (χ1) is 10.7. The summed E-state index contributed by atoms with van der Waals surface area (Å²) in [6.45, 7) is 2.92. The first kappa shape index (κ1) is 14.9. The Labute approximate surface area is 138 Å². The summed E-state index contributed by atoms with van der Waals surface area (Å²) >= 11 is 3.57. The van der Waals surface area contributed by atoms with Gasteiger partial charge in [0.15, 0.2) is 0 Å². The van der Waals surface area contributed by atoms with E-state index in [9.17, 15) is 4.79 Å². The Morgan fingerprint density at radius 2 is 1.55 bits per heavy atom. The largest absolute Gasteiger partial charge is 0.415 e. The van der Waals surface area contributed by atoms with Gasteiger partial charge in [-0.15, -0.1) is 0 Å². The number of ether oxygens (including phenoxy) is 1. The summed E-state index contributed by atoms with van der Waals surface area (Å²) in [5.41, 5.74) is 1.17. The molecule has 0 aliphatic carbocycles. The molecule has 0 atom stereocenters. The molecular weight excluding hydrogens is 344 g/mol. The van der Waals surface area contributed by atoms with Gasteiger partial charge < -0.3 is 14.5 Å². The van der Waals surface area contributed by atoms with Crippen LogP contribution in [0.25, 0.3) is 0 Å². The van der Waals surface area contributed by atoms with Gasteiger partial charge in [0.05, 0.1) is 5.69 Å². The van der Waals surface area contributed by atoms with Crippen molar-refractivity contribution in [3.63, 3.8) is 0 Å². The molecule has 1 fully saturated rings. The van der Waals surface area contributed by atoms with E-state index in [0.717, 1.165) is 17.6 Å². The molecule has 0 N–H and O–H groups in total. The van der Waals surface area contributed by atoms with Crippen molar-refractivity contribution in [2.24, 2.45) is 0 Å². The monoisotopic (exact) mass is 360 g/mol. The predicted octanol–water partition coefficient (Wildman–Crippen LogP) is 3.77. The fourth-order valence-corrected chi connectivity index (χ4v) is 3.03. The molecule has 0 bridgehead atoms. The molecule has 5 heteroatoms. The van der Waals surface area contributed by atoms with Gasteiger partial charge in [0.25, 0.3) is 0 Å². The number of halogens is 1. The Kier molecular flexibility index (Phi) is 4.63. The Bertz CT molecular complexity index is 640. The molecule has 3 rings (SSSR count). The molecule has 1 amide bonds. The topological polar surface area (TPSA) is 32.8 Å². The minimum absolute atomic E-state index is 0.280. The zero-order chi connectivity index (χ0) is 15.4. The van der Waals surface area contributed by atoms with E-state index in [0.29, 0.717) is 18.8 Å². The first-order valence-corrected chi connectivity index (χ1v) is 8.04.